The lowest BCUT2D eigenvalue weighted by molar-refractivity contribution is 0.0693. The van der Waals surface area contributed by atoms with Crippen molar-refractivity contribution < 1.29 is 27.9 Å². The van der Waals surface area contributed by atoms with Crippen LogP contribution in [0.5, 0.6) is 5.75 Å². The molecule has 0 heterocycles. The Bertz CT molecular complexity index is 1260. The van der Waals surface area contributed by atoms with Crippen molar-refractivity contribution in [1.82, 2.24) is 0 Å². The van der Waals surface area contributed by atoms with Crippen molar-refractivity contribution in [3.63, 3.8) is 0 Å². The third-order valence-corrected chi connectivity index (χ3v) is 5.79. The van der Waals surface area contributed by atoms with Crippen LogP contribution in [0.1, 0.15) is 20.7 Å². The minimum atomic E-state index is -3.90. The average molecular weight is 461 g/mol. The number of amides is 1. The Morgan fingerprint density at radius 1 is 0.968 bits per heavy atom. The topological polar surface area (TPSA) is 122 Å². The van der Waals surface area contributed by atoms with Gasteiger partial charge >= 0.3 is 5.97 Å². The summed E-state index contributed by atoms with van der Waals surface area (Å²) in [6.07, 6.45) is 0. The molecule has 3 N–H and O–H groups in total. The van der Waals surface area contributed by atoms with E-state index in [1.807, 2.05) is 0 Å². The number of anilines is 2. The van der Waals surface area contributed by atoms with Gasteiger partial charge in [0.2, 0.25) is 0 Å². The van der Waals surface area contributed by atoms with E-state index in [1.165, 1.54) is 67.8 Å². The van der Waals surface area contributed by atoms with Gasteiger partial charge in [0.25, 0.3) is 15.9 Å². The Morgan fingerprint density at radius 3 is 2.39 bits per heavy atom. The van der Waals surface area contributed by atoms with E-state index < -0.39 is 21.9 Å². The molecule has 31 heavy (non-hydrogen) atoms. The van der Waals surface area contributed by atoms with E-state index in [0.29, 0.717) is 5.69 Å². The van der Waals surface area contributed by atoms with Gasteiger partial charge in [0.15, 0.2) is 0 Å². The number of hydrogen-bond donors (Lipinski definition) is 3. The molecule has 0 aliphatic heterocycles. The summed E-state index contributed by atoms with van der Waals surface area (Å²) in [4.78, 5) is 23.8. The summed E-state index contributed by atoms with van der Waals surface area (Å²) in [5.41, 5.74) is 0.647. The number of hydrogen-bond acceptors (Lipinski definition) is 5. The molecule has 160 valence electrons. The molecule has 3 rings (SSSR count). The molecule has 0 fully saturated rings. The van der Waals surface area contributed by atoms with Gasteiger partial charge in [0.1, 0.15) is 11.3 Å². The van der Waals surface area contributed by atoms with E-state index in [0.717, 1.165) is 0 Å². The summed E-state index contributed by atoms with van der Waals surface area (Å²) in [7, 11) is -2.58. The molecule has 1 amide bonds. The quantitative estimate of drug-likeness (QED) is 0.488. The smallest absolute Gasteiger partial charge is 0.339 e. The maximum absolute atomic E-state index is 12.6. The second-order valence-electron chi connectivity index (χ2n) is 6.32. The van der Waals surface area contributed by atoms with Gasteiger partial charge in [0, 0.05) is 28.0 Å². The SMILES string of the molecule is COc1cc(NC(=O)c2cccc(NS(=O)(=O)c3cccc(Cl)c3)c2)ccc1C(=O)O. The zero-order valence-corrected chi connectivity index (χ0v) is 17.7. The van der Waals surface area contributed by atoms with E-state index in [4.69, 9.17) is 21.4 Å². The minimum absolute atomic E-state index is 0.0135. The van der Waals surface area contributed by atoms with E-state index >= 15 is 0 Å². The fourth-order valence-electron chi connectivity index (χ4n) is 2.72. The summed E-state index contributed by atoms with van der Waals surface area (Å²) in [6, 6.07) is 15.8. The Hall–Kier alpha value is -3.56. The molecular weight excluding hydrogens is 444 g/mol. The van der Waals surface area contributed by atoms with Gasteiger partial charge in [0.05, 0.1) is 12.0 Å². The van der Waals surface area contributed by atoms with Crippen LogP contribution >= 0.6 is 11.6 Å². The van der Waals surface area contributed by atoms with E-state index in [1.54, 1.807) is 6.07 Å². The number of carbonyl (C=O) groups is 2. The molecule has 0 atom stereocenters. The number of carbonyl (C=O) groups excluding carboxylic acids is 1. The molecule has 0 saturated carbocycles. The Kier molecular flexibility index (Phi) is 6.47. The van der Waals surface area contributed by atoms with Gasteiger partial charge in [-0.3, -0.25) is 9.52 Å². The highest BCUT2D eigenvalue weighted by atomic mass is 35.5. The molecule has 0 bridgehead atoms. The number of carboxylic acids is 1. The lowest BCUT2D eigenvalue weighted by atomic mass is 10.1. The Labute approximate surface area is 183 Å². The van der Waals surface area contributed by atoms with Crippen molar-refractivity contribution in [3.8, 4) is 5.75 Å². The first-order valence-electron chi connectivity index (χ1n) is 8.81. The van der Waals surface area contributed by atoms with E-state index in [9.17, 15) is 18.0 Å². The first-order chi connectivity index (χ1) is 14.7. The molecule has 8 nitrogen and oxygen atoms in total. The highest BCUT2D eigenvalue weighted by Gasteiger charge is 2.16. The third kappa shape index (κ3) is 5.33. The molecule has 0 saturated heterocycles. The summed E-state index contributed by atoms with van der Waals surface area (Å²) < 4.78 is 32.6. The number of benzene rings is 3. The molecule has 3 aromatic rings. The number of ether oxygens (including phenoxy) is 1. The fraction of sp³-hybridized carbons (Fsp3) is 0.0476. The average Bonchev–Trinajstić information content (AvgIpc) is 2.73. The molecule has 10 heteroatoms. The molecule has 0 aliphatic carbocycles. The predicted octanol–water partition coefficient (Wildman–Crippen LogP) is 4.10. The number of methoxy groups -OCH3 is 1. The highest BCUT2D eigenvalue weighted by Crippen LogP contribution is 2.24. The van der Waals surface area contributed by atoms with Crippen LogP contribution in [0.3, 0.4) is 0 Å². The van der Waals surface area contributed by atoms with Gasteiger partial charge < -0.3 is 15.2 Å². The van der Waals surface area contributed by atoms with Gasteiger partial charge in [-0.15, -0.1) is 0 Å². The van der Waals surface area contributed by atoms with Crippen LogP contribution in [-0.2, 0) is 10.0 Å². The highest BCUT2D eigenvalue weighted by molar-refractivity contribution is 7.92. The van der Waals surface area contributed by atoms with Crippen LogP contribution < -0.4 is 14.8 Å². The monoisotopic (exact) mass is 460 g/mol. The van der Waals surface area contributed by atoms with Crippen LogP contribution in [0.25, 0.3) is 0 Å². The second-order valence-corrected chi connectivity index (χ2v) is 8.44. The van der Waals surface area contributed by atoms with Crippen molar-refractivity contribution >= 4 is 44.9 Å². The first kappa shape index (κ1) is 22.1. The van der Waals surface area contributed by atoms with Gasteiger partial charge in [-0.2, -0.15) is 0 Å². The van der Waals surface area contributed by atoms with Crippen LogP contribution in [-0.4, -0.2) is 32.5 Å². The Morgan fingerprint density at radius 2 is 1.71 bits per heavy atom. The van der Waals surface area contributed by atoms with Gasteiger partial charge in [-0.25, -0.2) is 13.2 Å². The fourth-order valence-corrected chi connectivity index (χ4v) is 4.07. The van der Waals surface area contributed by atoms with Crippen molar-refractivity contribution in [2.75, 3.05) is 17.1 Å². The third-order valence-electron chi connectivity index (χ3n) is 4.17. The van der Waals surface area contributed by atoms with Crippen LogP contribution in [0, 0.1) is 0 Å². The maximum atomic E-state index is 12.6. The largest absolute Gasteiger partial charge is 0.496 e. The summed E-state index contributed by atoms with van der Waals surface area (Å²) >= 11 is 5.86. The lowest BCUT2D eigenvalue weighted by Crippen LogP contribution is -2.15. The summed E-state index contributed by atoms with van der Waals surface area (Å²) in [5, 5.41) is 12.0. The van der Waals surface area contributed by atoms with E-state index in [2.05, 4.69) is 10.0 Å². The second kappa shape index (κ2) is 9.07. The van der Waals surface area contributed by atoms with Crippen LogP contribution in [0.2, 0.25) is 5.02 Å². The zero-order valence-electron chi connectivity index (χ0n) is 16.1. The predicted molar refractivity (Wildman–Crippen MR) is 117 cm³/mol. The van der Waals surface area contributed by atoms with Crippen LogP contribution in [0.15, 0.2) is 71.6 Å². The zero-order chi connectivity index (χ0) is 22.6. The van der Waals surface area contributed by atoms with Crippen molar-refractivity contribution in [1.29, 1.82) is 0 Å². The number of halogens is 1. The normalized spacial score (nSPS) is 10.9. The summed E-state index contributed by atoms with van der Waals surface area (Å²) in [6.45, 7) is 0. The number of aromatic carboxylic acids is 1. The standard InChI is InChI=1S/C21H17ClN2O6S/c1-30-19-12-15(8-9-18(19)21(26)27)23-20(25)13-4-2-6-16(10-13)24-31(28,29)17-7-3-5-14(22)11-17/h2-12,24H,1H3,(H,23,25)(H,26,27). The van der Waals surface area contributed by atoms with Gasteiger partial charge in [-0.05, 0) is 48.5 Å². The van der Waals surface area contributed by atoms with Gasteiger partial charge in [-0.1, -0.05) is 23.7 Å². The molecule has 0 unspecified atom stereocenters. The molecule has 0 spiro atoms. The van der Waals surface area contributed by atoms with Crippen molar-refractivity contribution in [2.24, 2.45) is 0 Å². The molecule has 0 aromatic heterocycles. The van der Waals surface area contributed by atoms with Crippen LogP contribution in [0.4, 0.5) is 11.4 Å². The molecule has 3 aromatic carbocycles. The molecular formula is C21H17ClN2O6S. The summed E-state index contributed by atoms with van der Waals surface area (Å²) in [5.74, 6) is -1.59. The number of nitrogens with one attached hydrogen (secondary N) is 2. The number of carboxylic acid groups (broad SMARTS) is 1. The number of sulfonamides is 1. The molecule has 0 aliphatic rings. The number of rotatable bonds is 7. The lowest BCUT2D eigenvalue weighted by Gasteiger charge is -2.11. The maximum Gasteiger partial charge on any atom is 0.339 e. The first-order valence-corrected chi connectivity index (χ1v) is 10.7. The van der Waals surface area contributed by atoms with Crippen molar-refractivity contribution in [2.45, 2.75) is 4.90 Å². The Balaban J connectivity index is 1.80. The van der Waals surface area contributed by atoms with Crippen molar-refractivity contribution in [3.05, 3.63) is 82.9 Å². The minimum Gasteiger partial charge on any atom is -0.496 e. The molecule has 0 radical (unpaired) electrons. The van der Waals surface area contributed by atoms with E-state index in [-0.39, 0.29) is 32.5 Å².